The molecule has 1 fully saturated rings. The average Bonchev–Trinajstić information content (AvgIpc) is 2.84. The fourth-order valence-corrected chi connectivity index (χ4v) is 4.47. The summed E-state index contributed by atoms with van der Waals surface area (Å²) in [7, 11) is -4.05. The number of hydrogen-bond donors (Lipinski definition) is 4. The first-order valence-electron chi connectivity index (χ1n) is 10.9. The minimum atomic E-state index is -5.08. The van der Waals surface area contributed by atoms with E-state index in [0.29, 0.717) is 30.9 Å². The predicted molar refractivity (Wildman–Crippen MR) is 130 cm³/mol. The molecule has 2 aromatic rings. The molecule has 2 aromatic carbocycles. The number of carbonyl (C=O) groups excluding carboxylic acids is 1. The molecule has 1 aliphatic rings. The topological polar surface area (TPSA) is 128 Å². The van der Waals surface area contributed by atoms with Crippen molar-refractivity contribution in [1.82, 2.24) is 10.6 Å². The molecule has 3 rings (SSSR count). The zero-order chi connectivity index (χ0) is 27.8. The van der Waals surface area contributed by atoms with E-state index in [1.165, 1.54) is 6.07 Å². The summed E-state index contributed by atoms with van der Waals surface area (Å²) in [6, 6.07) is 8.14. The minimum Gasteiger partial charge on any atom is -0.475 e. The summed E-state index contributed by atoms with van der Waals surface area (Å²) in [5.74, 6) is -3.74. The van der Waals surface area contributed by atoms with Crippen molar-refractivity contribution in [2.24, 2.45) is 0 Å². The number of amides is 1. The maximum Gasteiger partial charge on any atom is 0.490 e. The van der Waals surface area contributed by atoms with Crippen LogP contribution in [0, 0.1) is 5.82 Å². The zero-order valence-electron chi connectivity index (χ0n) is 19.5. The largest absolute Gasteiger partial charge is 0.490 e. The Labute approximate surface area is 215 Å². The third-order valence-corrected chi connectivity index (χ3v) is 6.59. The van der Waals surface area contributed by atoms with Gasteiger partial charge in [-0.05, 0) is 42.8 Å². The van der Waals surface area contributed by atoms with Crippen LogP contribution < -0.4 is 20.3 Å². The Bertz CT molecular complexity index is 1220. The van der Waals surface area contributed by atoms with E-state index in [9.17, 15) is 30.8 Å². The first-order chi connectivity index (χ1) is 17.3. The van der Waals surface area contributed by atoms with E-state index in [1.54, 1.807) is 12.1 Å². The van der Waals surface area contributed by atoms with Gasteiger partial charge in [-0.2, -0.15) is 13.2 Å². The summed E-state index contributed by atoms with van der Waals surface area (Å²) in [4.78, 5) is 23.2. The maximum absolute atomic E-state index is 13.5. The lowest BCUT2D eigenvalue weighted by molar-refractivity contribution is -0.192. The molecule has 0 bridgehead atoms. The number of hydrogen-bond acceptors (Lipinski definition) is 6. The van der Waals surface area contributed by atoms with Gasteiger partial charge in [-0.3, -0.25) is 9.52 Å². The summed E-state index contributed by atoms with van der Waals surface area (Å²) in [6.45, 7) is 5.38. The van der Waals surface area contributed by atoms with Gasteiger partial charge >= 0.3 is 12.1 Å². The van der Waals surface area contributed by atoms with Crippen LogP contribution in [0.1, 0.15) is 23.7 Å². The van der Waals surface area contributed by atoms with Gasteiger partial charge in [0.1, 0.15) is 5.82 Å². The second kappa shape index (κ2) is 12.9. The molecule has 0 radical (unpaired) electrons. The number of anilines is 2. The molecule has 1 amide bonds. The number of alkyl halides is 3. The van der Waals surface area contributed by atoms with Gasteiger partial charge in [0.15, 0.2) is 0 Å². The monoisotopic (exact) mass is 568 g/mol. The van der Waals surface area contributed by atoms with Gasteiger partial charge in [0.25, 0.3) is 15.9 Å². The molecule has 4 N–H and O–H groups in total. The normalized spacial score (nSPS) is 13.8. The molecule has 0 spiro atoms. The van der Waals surface area contributed by atoms with Gasteiger partial charge in [0.05, 0.1) is 21.3 Å². The summed E-state index contributed by atoms with van der Waals surface area (Å²) in [5.41, 5.74) is 1.29. The molecular weight excluding hydrogens is 544 g/mol. The van der Waals surface area contributed by atoms with Crippen molar-refractivity contribution < 1.29 is 40.7 Å². The smallest absolute Gasteiger partial charge is 0.475 e. The molecule has 1 heterocycles. The van der Waals surface area contributed by atoms with Crippen LogP contribution in [0.15, 0.2) is 41.3 Å². The lowest BCUT2D eigenvalue weighted by Gasteiger charge is -2.31. The molecule has 0 aromatic heterocycles. The third kappa shape index (κ3) is 8.76. The molecule has 1 aliphatic heterocycles. The quantitative estimate of drug-likeness (QED) is 0.377. The van der Waals surface area contributed by atoms with Crippen LogP contribution in [-0.2, 0) is 14.8 Å². The van der Waals surface area contributed by atoms with Crippen LogP contribution >= 0.6 is 11.6 Å². The fraction of sp³-hybridized carbons (Fsp3) is 0.364. The maximum atomic E-state index is 13.5. The summed E-state index contributed by atoms with van der Waals surface area (Å²) in [5, 5.41) is 12.9. The Balaban J connectivity index is 0.000000604. The summed E-state index contributed by atoms with van der Waals surface area (Å²) in [6.07, 6.45) is -4.30. The van der Waals surface area contributed by atoms with E-state index in [2.05, 4.69) is 15.4 Å². The van der Waals surface area contributed by atoms with Gasteiger partial charge in [-0.25, -0.2) is 17.6 Å². The molecule has 15 heteroatoms. The minimum absolute atomic E-state index is 0.166. The van der Waals surface area contributed by atoms with Gasteiger partial charge in [0.2, 0.25) is 0 Å². The lowest BCUT2D eigenvalue weighted by Crippen LogP contribution is -2.43. The average molecular weight is 569 g/mol. The molecule has 0 aliphatic carbocycles. The van der Waals surface area contributed by atoms with Crippen molar-refractivity contribution in [3.8, 4) is 0 Å². The predicted octanol–water partition coefficient (Wildman–Crippen LogP) is 3.46. The van der Waals surface area contributed by atoms with Gasteiger partial charge < -0.3 is 20.6 Å². The van der Waals surface area contributed by atoms with Crippen molar-refractivity contribution in [3.63, 3.8) is 0 Å². The Morgan fingerprint density at radius 1 is 1.14 bits per heavy atom. The number of carboxylic acids is 1. The fourth-order valence-electron chi connectivity index (χ4n) is 3.13. The van der Waals surface area contributed by atoms with Crippen LogP contribution in [0.4, 0.5) is 28.9 Å². The molecular formula is C22H25ClF4N4O5S. The molecule has 37 heavy (non-hydrogen) atoms. The second-order valence-corrected chi connectivity index (χ2v) is 9.80. The Morgan fingerprint density at radius 3 is 2.30 bits per heavy atom. The van der Waals surface area contributed by atoms with Crippen LogP contribution in [0.2, 0.25) is 5.02 Å². The van der Waals surface area contributed by atoms with Crippen molar-refractivity contribution in [3.05, 3.63) is 52.8 Å². The van der Waals surface area contributed by atoms with E-state index in [1.807, 2.05) is 11.8 Å². The van der Waals surface area contributed by atoms with Crippen molar-refractivity contribution in [1.29, 1.82) is 0 Å². The van der Waals surface area contributed by atoms with Crippen molar-refractivity contribution >= 4 is 44.9 Å². The number of benzene rings is 2. The highest BCUT2D eigenvalue weighted by atomic mass is 35.5. The van der Waals surface area contributed by atoms with Crippen LogP contribution in [0.5, 0.6) is 0 Å². The number of sulfonamides is 1. The van der Waals surface area contributed by atoms with E-state index < -0.39 is 28.0 Å². The Kier molecular flexibility index (Phi) is 10.5. The first-order valence-corrected chi connectivity index (χ1v) is 12.8. The number of rotatable bonds is 7. The first kappa shape index (κ1) is 30.1. The number of carbonyl (C=O) groups is 2. The highest BCUT2D eigenvalue weighted by molar-refractivity contribution is 7.92. The Hall–Kier alpha value is -3.10. The molecule has 204 valence electrons. The number of carboxylic acid groups (broad SMARTS) is 1. The molecule has 0 atom stereocenters. The van der Waals surface area contributed by atoms with E-state index in [4.69, 9.17) is 21.5 Å². The Morgan fingerprint density at radius 2 is 1.76 bits per heavy atom. The highest BCUT2D eigenvalue weighted by Gasteiger charge is 2.38. The van der Waals surface area contributed by atoms with E-state index >= 15 is 0 Å². The standard InChI is InChI=1S/C20H24ClFN4O3S.C2HF3O2/c1-2-7-24-20(27)14-3-6-19(26-10-8-23-9-11-26)18(12-14)25-30(28,29)15-4-5-17(22)16(21)13-15;3-2(4,5)1(6)7/h3-6,12-13,23,25H,2,7-11H2,1H3,(H,24,27);(H,6,7). The van der Waals surface area contributed by atoms with Crippen molar-refractivity contribution in [2.45, 2.75) is 24.4 Å². The van der Waals surface area contributed by atoms with Crippen LogP contribution in [0.3, 0.4) is 0 Å². The number of nitrogens with one attached hydrogen (secondary N) is 3. The number of nitrogens with zero attached hydrogens (tertiary/aromatic N) is 1. The molecule has 1 saturated heterocycles. The zero-order valence-corrected chi connectivity index (χ0v) is 21.1. The second-order valence-electron chi connectivity index (χ2n) is 7.71. The number of halogens is 5. The molecule has 9 nitrogen and oxygen atoms in total. The molecule has 0 saturated carbocycles. The van der Waals surface area contributed by atoms with Gasteiger partial charge in [0, 0.05) is 38.3 Å². The number of piperazine rings is 1. The summed E-state index contributed by atoms with van der Waals surface area (Å²) >= 11 is 5.76. The SMILES string of the molecule is CCCNC(=O)c1ccc(N2CCNCC2)c(NS(=O)(=O)c2ccc(F)c(Cl)c2)c1.O=C(O)C(F)(F)F. The number of aliphatic carboxylic acids is 1. The van der Waals surface area contributed by atoms with Crippen LogP contribution in [0.25, 0.3) is 0 Å². The molecule has 0 unspecified atom stereocenters. The van der Waals surface area contributed by atoms with Gasteiger partial charge in [-0.1, -0.05) is 18.5 Å². The summed E-state index contributed by atoms with van der Waals surface area (Å²) < 4.78 is 73.6. The van der Waals surface area contributed by atoms with Crippen LogP contribution in [-0.4, -0.2) is 64.3 Å². The third-order valence-electron chi connectivity index (χ3n) is 4.94. The van der Waals surface area contributed by atoms with E-state index in [0.717, 1.165) is 37.7 Å². The van der Waals surface area contributed by atoms with E-state index in [-0.39, 0.29) is 21.5 Å². The highest BCUT2D eigenvalue weighted by Crippen LogP contribution is 2.31. The lowest BCUT2D eigenvalue weighted by atomic mass is 10.1. The van der Waals surface area contributed by atoms with Crippen molar-refractivity contribution in [2.75, 3.05) is 42.3 Å². The van der Waals surface area contributed by atoms with Gasteiger partial charge in [-0.15, -0.1) is 0 Å².